The van der Waals surface area contributed by atoms with Crippen molar-refractivity contribution in [2.24, 2.45) is 4.99 Å². The molecule has 2 N–H and O–H groups in total. The third kappa shape index (κ3) is 4.96. The number of aliphatic imine (C=N–C) groups is 1. The van der Waals surface area contributed by atoms with E-state index in [-0.39, 0.29) is 6.04 Å². The SMILES string of the molecule is CCNC(=NC[C@@H](c1cccnc1)N1CCOCC1)NCC. The number of hydrogen-bond donors (Lipinski definition) is 2. The molecule has 1 atom stereocenters. The van der Waals surface area contributed by atoms with Crippen molar-refractivity contribution >= 4 is 5.96 Å². The van der Waals surface area contributed by atoms with E-state index < -0.39 is 0 Å². The van der Waals surface area contributed by atoms with E-state index in [1.54, 1.807) is 0 Å². The average Bonchev–Trinajstić information content (AvgIpc) is 2.57. The fourth-order valence-electron chi connectivity index (χ4n) is 2.58. The molecule has 0 unspecified atom stereocenters. The molecule has 0 spiro atoms. The maximum Gasteiger partial charge on any atom is 0.191 e. The molecule has 1 aliphatic rings. The van der Waals surface area contributed by atoms with Gasteiger partial charge in [0.05, 0.1) is 25.8 Å². The summed E-state index contributed by atoms with van der Waals surface area (Å²) in [5.74, 6) is 0.868. The molecule has 0 bridgehead atoms. The summed E-state index contributed by atoms with van der Waals surface area (Å²) in [5.41, 5.74) is 1.21. The average molecular weight is 305 g/mol. The first-order valence-corrected chi connectivity index (χ1v) is 8.09. The third-order valence-corrected chi connectivity index (χ3v) is 3.67. The van der Waals surface area contributed by atoms with Crippen LogP contribution in [0.3, 0.4) is 0 Å². The van der Waals surface area contributed by atoms with Crippen LogP contribution in [-0.2, 0) is 4.74 Å². The van der Waals surface area contributed by atoms with Crippen LogP contribution in [0.2, 0.25) is 0 Å². The molecule has 6 heteroatoms. The molecule has 1 aromatic rings. The fraction of sp³-hybridized carbons (Fsp3) is 0.625. The van der Waals surface area contributed by atoms with E-state index in [0.29, 0.717) is 6.54 Å². The Bertz CT molecular complexity index is 437. The van der Waals surface area contributed by atoms with Crippen molar-refractivity contribution in [3.63, 3.8) is 0 Å². The highest BCUT2D eigenvalue weighted by molar-refractivity contribution is 5.79. The van der Waals surface area contributed by atoms with Crippen molar-refractivity contribution < 1.29 is 4.74 Å². The van der Waals surface area contributed by atoms with Gasteiger partial charge >= 0.3 is 0 Å². The standard InChI is InChI=1S/C16H27N5O/c1-3-18-16(19-4-2)20-13-15(14-6-5-7-17-12-14)21-8-10-22-11-9-21/h5-7,12,15H,3-4,8-11,13H2,1-2H3,(H2,18,19,20)/t15-/m0/s1. The Morgan fingerprint density at radius 3 is 2.64 bits per heavy atom. The Kier molecular flexibility index (Phi) is 7.12. The molecule has 0 aromatic carbocycles. The molecule has 22 heavy (non-hydrogen) atoms. The van der Waals surface area contributed by atoms with Crippen LogP contribution in [0, 0.1) is 0 Å². The topological polar surface area (TPSA) is 61.8 Å². The van der Waals surface area contributed by atoms with Gasteiger partial charge in [0.1, 0.15) is 0 Å². The molecule has 2 heterocycles. The summed E-state index contributed by atoms with van der Waals surface area (Å²) in [5, 5.41) is 6.55. The molecule has 0 aliphatic carbocycles. The van der Waals surface area contributed by atoms with Crippen LogP contribution >= 0.6 is 0 Å². The minimum absolute atomic E-state index is 0.241. The number of rotatable bonds is 6. The van der Waals surface area contributed by atoms with Gasteiger partial charge in [0.2, 0.25) is 0 Å². The van der Waals surface area contributed by atoms with Crippen LogP contribution in [0.1, 0.15) is 25.5 Å². The summed E-state index contributed by atoms with van der Waals surface area (Å²) in [7, 11) is 0. The van der Waals surface area contributed by atoms with Crippen molar-refractivity contribution in [1.82, 2.24) is 20.5 Å². The smallest absolute Gasteiger partial charge is 0.191 e. The van der Waals surface area contributed by atoms with Gasteiger partial charge in [-0.1, -0.05) is 6.07 Å². The predicted molar refractivity (Wildman–Crippen MR) is 89.0 cm³/mol. The minimum Gasteiger partial charge on any atom is -0.379 e. The number of guanidine groups is 1. The second-order valence-corrected chi connectivity index (χ2v) is 5.20. The summed E-state index contributed by atoms with van der Waals surface area (Å²) in [6.45, 7) is 10.0. The summed E-state index contributed by atoms with van der Waals surface area (Å²) >= 11 is 0. The lowest BCUT2D eigenvalue weighted by molar-refractivity contribution is 0.0179. The highest BCUT2D eigenvalue weighted by atomic mass is 16.5. The number of pyridine rings is 1. The van der Waals surface area contributed by atoms with E-state index in [2.05, 4.69) is 40.4 Å². The van der Waals surface area contributed by atoms with Gasteiger partial charge in [-0.05, 0) is 25.5 Å². The van der Waals surface area contributed by atoms with E-state index in [0.717, 1.165) is 45.4 Å². The van der Waals surface area contributed by atoms with Gasteiger partial charge in [-0.25, -0.2) is 0 Å². The number of aromatic nitrogens is 1. The van der Waals surface area contributed by atoms with E-state index >= 15 is 0 Å². The van der Waals surface area contributed by atoms with E-state index in [1.165, 1.54) is 5.56 Å². The molecular weight excluding hydrogens is 278 g/mol. The molecule has 0 amide bonds. The van der Waals surface area contributed by atoms with Crippen LogP contribution in [0.4, 0.5) is 0 Å². The third-order valence-electron chi connectivity index (χ3n) is 3.67. The Labute approximate surface area is 133 Å². The zero-order chi connectivity index (χ0) is 15.6. The normalized spacial score (nSPS) is 16.8. The fourth-order valence-corrected chi connectivity index (χ4v) is 2.58. The lowest BCUT2D eigenvalue weighted by atomic mass is 10.1. The maximum atomic E-state index is 5.47. The first kappa shape index (κ1) is 16.7. The van der Waals surface area contributed by atoms with Crippen molar-refractivity contribution in [3.05, 3.63) is 30.1 Å². The van der Waals surface area contributed by atoms with E-state index in [1.807, 2.05) is 18.5 Å². The van der Waals surface area contributed by atoms with Crippen molar-refractivity contribution in [1.29, 1.82) is 0 Å². The maximum absolute atomic E-state index is 5.47. The number of ether oxygens (including phenoxy) is 1. The molecular formula is C16H27N5O. The highest BCUT2D eigenvalue weighted by Gasteiger charge is 2.22. The number of morpholine rings is 1. The van der Waals surface area contributed by atoms with Crippen molar-refractivity contribution in [2.45, 2.75) is 19.9 Å². The molecule has 0 saturated carbocycles. The predicted octanol–water partition coefficient (Wildman–Crippen LogP) is 1.03. The Balaban J connectivity index is 2.11. The highest BCUT2D eigenvalue weighted by Crippen LogP contribution is 2.21. The molecule has 6 nitrogen and oxygen atoms in total. The van der Waals surface area contributed by atoms with Crippen molar-refractivity contribution in [3.8, 4) is 0 Å². The first-order chi connectivity index (χ1) is 10.8. The number of nitrogens with zero attached hydrogens (tertiary/aromatic N) is 3. The molecule has 1 aromatic heterocycles. The van der Waals surface area contributed by atoms with Crippen LogP contribution in [0.25, 0.3) is 0 Å². The number of nitrogens with one attached hydrogen (secondary N) is 2. The lowest BCUT2D eigenvalue weighted by Gasteiger charge is -2.33. The van der Waals surface area contributed by atoms with E-state index in [9.17, 15) is 0 Å². The Hall–Kier alpha value is -1.66. The molecule has 0 radical (unpaired) electrons. The second kappa shape index (κ2) is 9.38. The molecule has 1 fully saturated rings. The van der Waals surface area contributed by atoms with Gasteiger partial charge in [-0.15, -0.1) is 0 Å². The van der Waals surface area contributed by atoms with E-state index in [4.69, 9.17) is 9.73 Å². The zero-order valence-corrected chi connectivity index (χ0v) is 13.6. The molecule has 1 saturated heterocycles. The molecule has 1 aliphatic heterocycles. The summed E-state index contributed by atoms with van der Waals surface area (Å²) in [6, 6.07) is 4.36. The van der Waals surface area contributed by atoms with Crippen LogP contribution in [-0.4, -0.2) is 61.8 Å². The quantitative estimate of drug-likeness (QED) is 0.607. The Morgan fingerprint density at radius 1 is 1.32 bits per heavy atom. The monoisotopic (exact) mass is 305 g/mol. The number of hydrogen-bond acceptors (Lipinski definition) is 4. The summed E-state index contributed by atoms with van der Waals surface area (Å²) in [6.07, 6.45) is 3.75. The molecule has 2 rings (SSSR count). The van der Waals surface area contributed by atoms with Crippen molar-refractivity contribution in [2.75, 3.05) is 45.9 Å². The van der Waals surface area contributed by atoms with Gasteiger partial charge in [0, 0.05) is 38.6 Å². The largest absolute Gasteiger partial charge is 0.379 e. The first-order valence-electron chi connectivity index (χ1n) is 8.09. The lowest BCUT2D eigenvalue weighted by Crippen LogP contribution is -2.41. The van der Waals surface area contributed by atoms with Gasteiger partial charge in [-0.3, -0.25) is 14.9 Å². The van der Waals surface area contributed by atoms with Gasteiger partial charge in [0.25, 0.3) is 0 Å². The zero-order valence-electron chi connectivity index (χ0n) is 13.6. The summed E-state index contributed by atoms with van der Waals surface area (Å²) < 4.78 is 5.47. The molecule has 122 valence electrons. The van der Waals surface area contributed by atoms with Crippen LogP contribution in [0.5, 0.6) is 0 Å². The minimum atomic E-state index is 0.241. The van der Waals surface area contributed by atoms with Gasteiger partial charge < -0.3 is 15.4 Å². The van der Waals surface area contributed by atoms with Crippen LogP contribution < -0.4 is 10.6 Å². The Morgan fingerprint density at radius 2 is 2.05 bits per heavy atom. The van der Waals surface area contributed by atoms with Crippen LogP contribution in [0.15, 0.2) is 29.5 Å². The van der Waals surface area contributed by atoms with Gasteiger partial charge in [-0.2, -0.15) is 0 Å². The second-order valence-electron chi connectivity index (χ2n) is 5.20. The summed E-state index contributed by atoms with van der Waals surface area (Å²) in [4.78, 5) is 11.4. The van der Waals surface area contributed by atoms with Gasteiger partial charge in [0.15, 0.2) is 5.96 Å².